The molecule has 1 aliphatic carbocycles. The first-order valence-corrected chi connectivity index (χ1v) is 9.30. The number of rotatable bonds is 4. The van der Waals surface area contributed by atoms with Crippen molar-refractivity contribution in [2.75, 3.05) is 19.7 Å². The lowest BCUT2D eigenvalue weighted by molar-refractivity contribution is -0.147. The lowest BCUT2D eigenvalue weighted by Gasteiger charge is -2.42. The number of carbonyl (C=O) groups is 1. The number of carbonyl (C=O) groups excluding carboxylic acids is 1. The maximum absolute atomic E-state index is 13.2. The van der Waals surface area contributed by atoms with Crippen LogP contribution in [0.25, 0.3) is 0 Å². The van der Waals surface area contributed by atoms with E-state index in [4.69, 9.17) is 10.5 Å². The summed E-state index contributed by atoms with van der Waals surface area (Å²) < 4.78 is 5.85. The van der Waals surface area contributed by atoms with Gasteiger partial charge in [-0.3, -0.25) is 4.79 Å². The van der Waals surface area contributed by atoms with Gasteiger partial charge in [-0.05, 0) is 37.3 Å². The van der Waals surface area contributed by atoms with Gasteiger partial charge in [-0.1, -0.05) is 49.6 Å². The van der Waals surface area contributed by atoms with Crippen LogP contribution < -0.4 is 5.73 Å². The first-order chi connectivity index (χ1) is 11.6. The average molecular weight is 330 g/mol. The zero-order chi connectivity index (χ0) is 17.0. The van der Waals surface area contributed by atoms with E-state index in [0.29, 0.717) is 26.1 Å². The molecule has 0 aromatic heterocycles. The molecule has 2 atom stereocenters. The predicted octanol–water partition coefficient (Wildman–Crippen LogP) is 3.27. The van der Waals surface area contributed by atoms with Crippen molar-refractivity contribution in [3.63, 3.8) is 0 Å². The first-order valence-electron chi connectivity index (χ1n) is 9.30. The van der Waals surface area contributed by atoms with Gasteiger partial charge in [0.25, 0.3) is 0 Å². The molecular formula is C20H30N2O2. The number of amides is 1. The largest absolute Gasteiger partial charge is 0.374 e. The molecule has 0 spiro atoms. The van der Waals surface area contributed by atoms with Crippen molar-refractivity contribution in [3.8, 4) is 0 Å². The number of hydrogen-bond donors (Lipinski definition) is 1. The van der Waals surface area contributed by atoms with Gasteiger partial charge >= 0.3 is 0 Å². The molecule has 24 heavy (non-hydrogen) atoms. The Morgan fingerprint density at radius 2 is 1.96 bits per heavy atom. The Morgan fingerprint density at radius 1 is 1.25 bits per heavy atom. The van der Waals surface area contributed by atoms with E-state index in [-0.39, 0.29) is 23.5 Å². The van der Waals surface area contributed by atoms with Crippen molar-refractivity contribution in [2.45, 2.75) is 57.6 Å². The summed E-state index contributed by atoms with van der Waals surface area (Å²) in [6.45, 7) is 3.90. The quantitative estimate of drug-likeness (QED) is 0.922. The number of ether oxygens (including phenoxy) is 1. The van der Waals surface area contributed by atoms with Crippen molar-refractivity contribution in [2.24, 2.45) is 11.1 Å². The summed E-state index contributed by atoms with van der Waals surface area (Å²) >= 11 is 0. The van der Waals surface area contributed by atoms with Gasteiger partial charge in [0.15, 0.2) is 0 Å². The van der Waals surface area contributed by atoms with Gasteiger partial charge in [-0.2, -0.15) is 0 Å². The molecule has 1 aromatic carbocycles. The molecule has 4 nitrogen and oxygen atoms in total. The monoisotopic (exact) mass is 330 g/mol. The third-order valence-electron chi connectivity index (χ3n) is 5.75. The highest BCUT2D eigenvalue weighted by molar-refractivity contribution is 5.77. The summed E-state index contributed by atoms with van der Waals surface area (Å²) in [5.41, 5.74) is 7.26. The van der Waals surface area contributed by atoms with Crippen molar-refractivity contribution in [3.05, 3.63) is 35.9 Å². The summed E-state index contributed by atoms with van der Waals surface area (Å²) in [5.74, 6) is 0.242. The Kier molecular flexibility index (Phi) is 5.57. The lowest BCUT2D eigenvalue weighted by atomic mass is 9.71. The second-order valence-electron chi connectivity index (χ2n) is 7.56. The number of benzene rings is 1. The van der Waals surface area contributed by atoms with Crippen molar-refractivity contribution in [1.29, 1.82) is 0 Å². The second-order valence-corrected chi connectivity index (χ2v) is 7.56. The lowest BCUT2D eigenvalue weighted by Crippen LogP contribution is -2.49. The molecule has 1 saturated carbocycles. The third kappa shape index (κ3) is 3.81. The van der Waals surface area contributed by atoms with Crippen LogP contribution in [0, 0.1) is 5.41 Å². The number of morpholine rings is 1. The fourth-order valence-electron chi connectivity index (χ4n) is 4.21. The smallest absolute Gasteiger partial charge is 0.223 e. The molecule has 3 rings (SSSR count). The van der Waals surface area contributed by atoms with Crippen LogP contribution in [0.2, 0.25) is 0 Å². The van der Waals surface area contributed by atoms with E-state index in [0.717, 1.165) is 18.4 Å². The minimum atomic E-state index is 0.0120. The zero-order valence-corrected chi connectivity index (χ0v) is 14.7. The zero-order valence-electron chi connectivity index (χ0n) is 14.7. The summed E-state index contributed by atoms with van der Waals surface area (Å²) in [5, 5.41) is 0. The Hall–Kier alpha value is -1.39. The molecule has 1 aromatic rings. The Morgan fingerprint density at radius 3 is 2.62 bits per heavy atom. The summed E-state index contributed by atoms with van der Waals surface area (Å²) in [7, 11) is 0. The third-order valence-corrected chi connectivity index (χ3v) is 5.75. The molecule has 132 valence electrons. The normalized spacial score (nSPS) is 27.0. The van der Waals surface area contributed by atoms with Crippen molar-refractivity contribution >= 4 is 5.91 Å². The van der Waals surface area contributed by atoms with Crippen LogP contribution in [0.5, 0.6) is 0 Å². The molecule has 2 unspecified atom stereocenters. The molecule has 1 saturated heterocycles. The Labute approximate surface area is 145 Å². The summed E-state index contributed by atoms with van der Waals surface area (Å²) in [6.07, 6.45) is 6.53. The van der Waals surface area contributed by atoms with Gasteiger partial charge in [0, 0.05) is 13.0 Å². The van der Waals surface area contributed by atoms with Crippen LogP contribution in [0.4, 0.5) is 0 Å². The predicted molar refractivity (Wildman–Crippen MR) is 95.5 cm³/mol. The van der Waals surface area contributed by atoms with Gasteiger partial charge in [-0.25, -0.2) is 0 Å². The van der Waals surface area contributed by atoms with Gasteiger partial charge < -0.3 is 15.4 Å². The van der Waals surface area contributed by atoms with Crippen LogP contribution >= 0.6 is 0 Å². The number of nitrogens with two attached hydrogens (primary N) is 1. The molecule has 0 bridgehead atoms. The topological polar surface area (TPSA) is 55.6 Å². The van der Waals surface area contributed by atoms with E-state index in [1.165, 1.54) is 19.3 Å². The molecule has 2 N–H and O–H groups in total. The van der Waals surface area contributed by atoms with Crippen LogP contribution in [-0.2, 0) is 9.53 Å². The molecular weight excluding hydrogens is 300 g/mol. The highest BCUT2D eigenvalue weighted by atomic mass is 16.5. The van der Waals surface area contributed by atoms with Gasteiger partial charge in [-0.15, -0.1) is 0 Å². The Bertz CT molecular complexity index is 540. The standard InChI is InChI=1S/C20H30N2O2/c1-16-13-22(18(14-24-16)17-8-4-2-5-9-17)19(23)12-20(15-21)10-6-3-7-11-20/h2,4-5,8-9,16,18H,3,6-7,10-15,21H2,1H3. The summed E-state index contributed by atoms with van der Waals surface area (Å²) in [6, 6.07) is 10.3. The number of nitrogens with zero attached hydrogens (tertiary/aromatic N) is 1. The fourth-order valence-corrected chi connectivity index (χ4v) is 4.21. The SMILES string of the molecule is CC1CN(C(=O)CC2(CN)CCCCC2)C(c2ccccc2)CO1. The molecule has 2 fully saturated rings. The maximum Gasteiger partial charge on any atom is 0.223 e. The summed E-state index contributed by atoms with van der Waals surface area (Å²) in [4.78, 5) is 15.2. The molecule has 1 heterocycles. The van der Waals surface area contributed by atoms with E-state index in [1.54, 1.807) is 0 Å². The van der Waals surface area contributed by atoms with Crippen LogP contribution in [0.15, 0.2) is 30.3 Å². The first kappa shape index (κ1) is 17.4. The molecule has 1 aliphatic heterocycles. The van der Waals surface area contributed by atoms with E-state index < -0.39 is 0 Å². The minimum Gasteiger partial charge on any atom is -0.374 e. The fraction of sp³-hybridized carbons (Fsp3) is 0.650. The maximum atomic E-state index is 13.2. The van der Waals surface area contributed by atoms with Crippen LogP contribution in [0.1, 0.15) is 57.1 Å². The molecule has 0 radical (unpaired) electrons. The van der Waals surface area contributed by atoms with E-state index in [2.05, 4.69) is 12.1 Å². The highest BCUT2D eigenvalue weighted by Crippen LogP contribution is 2.40. The highest BCUT2D eigenvalue weighted by Gasteiger charge is 2.38. The van der Waals surface area contributed by atoms with Gasteiger partial charge in [0.1, 0.15) is 0 Å². The second kappa shape index (κ2) is 7.66. The average Bonchev–Trinajstić information content (AvgIpc) is 2.63. The van der Waals surface area contributed by atoms with Crippen molar-refractivity contribution < 1.29 is 9.53 Å². The van der Waals surface area contributed by atoms with Gasteiger partial charge in [0.2, 0.25) is 5.91 Å². The molecule has 4 heteroatoms. The van der Waals surface area contributed by atoms with Crippen LogP contribution in [0.3, 0.4) is 0 Å². The van der Waals surface area contributed by atoms with E-state index in [9.17, 15) is 4.79 Å². The van der Waals surface area contributed by atoms with E-state index in [1.807, 2.05) is 30.0 Å². The van der Waals surface area contributed by atoms with Gasteiger partial charge in [0.05, 0.1) is 18.8 Å². The molecule has 2 aliphatic rings. The molecule has 1 amide bonds. The van der Waals surface area contributed by atoms with Crippen LogP contribution in [-0.4, -0.2) is 36.6 Å². The minimum absolute atomic E-state index is 0.0120. The Balaban J connectivity index is 1.76. The van der Waals surface area contributed by atoms with Crippen molar-refractivity contribution in [1.82, 2.24) is 4.90 Å². The van der Waals surface area contributed by atoms with E-state index >= 15 is 0 Å². The number of hydrogen-bond acceptors (Lipinski definition) is 3.